The standard InChI is InChI=1S/C29H30N2O2/c1-3-4-14-21-29(28(32)33,25-19-12-7-13-20-25)31-22(2)30-26(23-15-8-5-9-16-23)27(31)24-17-10-6-11-18-24/h5-13,15-20H,3-4,14,21H2,1-2H3,(H,32,33). The summed E-state index contributed by atoms with van der Waals surface area (Å²) in [5.41, 5.74) is 3.07. The van der Waals surface area contributed by atoms with Crippen LogP contribution < -0.4 is 0 Å². The van der Waals surface area contributed by atoms with Gasteiger partial charge >= 0.3 is 5.97 Å². The molecule has 0 saturated carbocycles. The Kier molecular flexibility index (Phi) is 6.74. The molecule has 1 heterocycles. The van der Waals surface area contributed by atoms with Gasteiger partial charge in [-0.25, -0.2) is 9.78 Å². The number of aliphatic carboxylic acids is 1. The summed E-state index contributed by atoms with van der Waals surface area (Å²) in [6.45, 7) is 4.05. The lowest BCUT2D eigenvalue weighted by Gasteiger charge is -2.34. The van der Waals surface area contributed by atoms with E-state index in [-0.39, 0.29) is 0 Å². The van der Waals surface area contributed by atoms with Gasteiger partial charge in [0.1, 0.15) is 5.82 Å². The molecule has 4 rings (SSSR count). The van der Waals surface area contributed by atoms with Crippen molar-refractivity contribution in [2.24, 2.45) is 0 Å². The third-order valence-electron chi connectivity index (χ3n) is 6.27. The molecule has 0 spiro atoms. The summed E-state index contributed by atoms with van der Waals surface area (Å²) in [6, 6.07) is 29.6. The van der Waals surface area contributed by atoms with E-state index in [1.807, 2.05) is 102 Å². The Morgan fingerprint density at radius 3 is 1.94 bits per heavy atom. The maximum Gasteiger partial charge on any atom is 0.334 e. The molecule has 0 aliphatic carbocycles. The van der Waals surface area contributed by atoms with Gasteiger partial charge in [-0.2, -0.15) is 0 Å². The van der Waals surface area contributed by atoms with Crippen molar-refractivity contribution in [1.29, 1.82) is 0 Å². The number of nitrogens with zero attached hydrogens (tertiary/aromatic N) is 2. The molecule has 1 N–H and O–H groups in total. The first-order chi connectivity index (χ1) is 16.1. The van der Waals surface area contributed by atoms with Crippen LogP contribution in [0.2, 0.25) is 0 Å². The van der Waals surface area contributed by atoms with E-state index in [1.165, 1.54) is 0 Å². The summed E-state index contributed by atoms with van der Waals surface area (Å²) in [6.07, 6.45) is 3.30. The Labute approximate surface area is 195 Å². The number of aryl methyl sites for hydroxylation is 1. The van der Waals surface area contributed by atoms with E-state index >= 15 is 0 Å². The molecule has 0 aliphatic heterocycles. The van der Waals surface area contributed by atoms with Crippen LogP contribution in [-0.4, -0.2) is 20.6 Å². The van der Waals surface area contributed by atoms with Gasteiger partial charge < -0.3 is 9.67 Å². The molecule has 0 radical (unpaired) electrons. The number of aromatic nitrogens is 2. The van der Waals surface area contributed by atoms with Crippen molar-refractivity contribution in [1.82, 2.24) is 9.55 Å². The number of imidazole rings is 1. The third-order valence-corrected chi connectivity index (χ3v) is 6.27. The number of carboxylic acid groups (broad SMARTS) is 1. The average Bonchev–Trinajstić information content (AvgIpc) is 3.21. The third kappa shape index (κ3) is 4.21. The number of carbonyl (C=O) groups is 1. The first-order valence-electron chi connectivity index (χ1n) is 11.6. The van der Waals surface area contributed by atoms with Crippen LogP contribution in [0.15, 0.2) is 91.0 Å². The quantitative estimate of drug-likeness (QED) is 0.288. The van der Waals surface area contributed by atoms with Crippen LogP contribution in [0.25, 0.3) is 22.5 Å². The fraction of sp³-hybridized carbons (Fsp3) is 0.241. The highest BCUT2D eigenvalue weighted by molar-refractivity contribution is 5.86. The molecule has 0 amide bonds. The molecule has 4 aromatic rings. The smallest absolute Gasteiger partial charge is 0.334 e. The molecule has 4 nitrogen and oxygen atoms in total. The van der Waals surface area contributed by atoms with Gasteiger partial charge in [-0.1, -0.05) is 117 Å². The Bertz CT molecular complexity index is 1200. The van der Waals surface area contributed by atoms with Crippen LogP contribution in [0.3, 0.4) is 0 Å². The van der Waals surface area contributed by atoms with Crippen molar-refractivity contribution in [3.8, 4) is 22.5 Å². The number of hydrogen-bond donors (Lipinski definition) is 1. The van der Waals surface area contributed by atoms with Crippen LogP contribution in [0.1, 0.15) is 44.0 Å². The zero-order valence-corrected chi connectivity index (χ0v) is 19.2. The molecule has 1 atom stereocenters. The molecule has 168 valence electrons. The molecule has 0 saturated heterocycles. The summed E-state index contributed by atoms with van der Waals surface area (Å²) in [4.78, 5) is 18.2. The highest BCUT2D eigenvalue weighted by atomic mass is 16.4. The average molecular weight is 439 g/mol. The van der Waals surface area contributed by atoms with Crippen molar-refractivity contribution in [3.63, 3.8) is 0 Å². The Morgan fingerprint density at radius 1 is 0.848 bits per heavy atom. The van der Waals surface area contributed by atoms with Crippen molar-refractivity contribution in [2.75, 3.05) is 0 Å². The minimum atomic E-state index is -1.26. The highest BCUT2D eigenvalue weighted by Gasteiger charge is 2.45. The van der Waals surface area contributed by atoms with E-state index in [0.717, 1.165) is 47.3 Å². The Morgan fingerprint density at radius 2 is 1.39 bits per heavy atom. The summed E-state index contributed by atoms with van der Waals surface area (Å²) < 4.78 is 1.97. The van der Waals surface area contributed by atoms with Crippen molar-refractivity contribution in [2.45, 2.75) is 45.1 Å². The van der Waals surface area contributed by atoms with Gasteiger partial charge in [0.2, 0.25) is 0 Å². The second-order valence-corrected chi connectivity index (χ2v) is 8.41. The van der Waals surface area contributed by atoms with Crippen LogP contribution in [0.4, 0.5) is 0 Å². The van der Waals surface area contributed by atoms with Crippen LogP contribution in [0, 0.1) is 6.92 Å². The largest absolute Gasteiger partial charge is 0.479 e. The molecule has 1 unspecified atom stereocenters. The van der Waals surface area contributed by atoms with E-state index in [9.17, 15) is 9.90 Å². The highest BCUT2D eigenvalue weighted by Crippen LogP contribution is 2.42. The number of hydrogen-bond acceptors (Lipinski definition) is 2. The van der Waals surface area contributed by atoms with E-state index in [2.05, 4.69) is 6.92 Å². The lowest BCUT2D eigenvalue weighted by Crippen LogP contribution is -2.44. The summed E-state index contributed by atoms with van der Waals surface area (Å²) >= 11 is 0. The van der Waals surface area contributed by atoms with E-state index in [0.29, 0.717) is 12.2 Å². The van der Waals surface area contributed by atoms with Gasteiger partial charge in [-0.05, 0) is 18.9 Å². The van der Waals surface area contributed by atoms with Crippen molar-refractivity contribution < 1.29 is 9.90 Å². The van der Waals surface area contributed by atoms with E-state index < -0.39 is 11.5 Å². The zero-order valence-electron chi connectivity index (χ0n) is 19.2. The van der Waals surface area contributed by atoms with Crippen LogP contribution in [0.5, 0.6) is 0 Å². The van der Waals surface area contributed by atoms with Crippen LogP contribution >= 0.6 is 0 Å². The number of carboxylic acids is 1. The van der Waals surface area contributed by atoms with Crippen LogP contribution in [-0.2, 0) is 10.3 Å². The normalized spacial score (nSPS) is 12.9. The van der Waals surface area contributed by atoms with Gasteiger partial charge in [0.05, 0.1) is 11.4 Å². The Hall–Kier alpha value is -3.66. The minimum Gasteiger partial charge on any atom is -0.479 e. The van der Waals surface area contributed by atoms with Gasteiger partial charge in [0.25, 0.3) is 0 Å². The summed E-state index contributed by atoms with van der Waals surface area (Å²) in [7, 11) is 0. The molecule has 4 heteroatoms. The molecular formula is C29H30N2O2. The lowest BCUT2D eigenvalue weighted by molar-refractivity contribution is -0.145. The first-order valence-corrected chi connectivity index (χ1v) is 11.6. The lowest BCUT2D eigenvalue weighted by atomic mass is 9.83. The molecule has 0 fully saturated rings. The molecule has 33 heavy (non-hydrogen) atoms. The van der Waals surface area contributed by atoms with Gasteiger partial charge in [0, 0.05) is 11.1 Å². The predicted octanol–water partition coefficient (Wildman–Crippen LogP) is 6.93. The fourth-order valence-corrected chi connectivity index (χ4v) is 4.71. The summed E-state index contributed by atoms with van der Waals surface area (Å²) in [5.74, 6) is -0.169. The molecule has 3 aromatic carbocycles. The van der Waals surface area contributed by atoms with Gasteiger partial charge in [-0.15, -0.1) is 0 Å². The maximum atomic E-state index is 13.2. The minimum absolute atomic E-state index is 0.492. The Balaban J connectivity index is 2.07. The van der Waals surface area contributed by atoms with Crippen molar-refractivity contribution >= 4 is 5.97 Å². The first kappa shape index (κ1) is 22.5. The van der Waals surface area contributed by atoms with E-state index in [1.54, 1.807) is 0 Å². The monoisotopic (exact) mass is 438 g/mol. The number of rotatable bonds is 9. The molecular weight excluding hydrogens is 408 g/mol. The topological polar surface area (TPSA) is 55.1 Å². The number of unbranched alkanes of at least 4 members (excludes halogenated alkanes) is 2. The molecule has 1 aromatic heterocycles. The predicted molar refractivity (Wildman–Crippen MR) is 133 cm³/mol. The summed E-state index contributed by atoms with van der Waals surface area (Å²) in [5, 5.41) is 10.9. The molecule has 0 aliphatic rings. The van der Waals surface area contributed by atoms with Gasteiger partial charge in [0.15, 0.2) is 5.54 Å². The zero-order chi connectivity index (χ0) is 23.3. The second kappa shape index (κ2) is 9.86. The SMILES string of the molecule is CCCCCC(C(=O)O)(c1ccccc1)n1c(C)nc(-c2ccccc2)c1-c1ccccc1. The second-order valence-electron chi connectivity index (χ2n) is 8.41. The fourth-order valence-electron chi connectivity index (χ4n) is 4.71. The molecule has 0 bridgehead atoms. The van der Waals surface area contributed by atoms with Crippen molar-refractivity contribution in [3.05, 3.63) is 102 Å². The maximum absolute atomic E-state index is 13.2. The van der Waals surface area contributed by atoms with Gasteiger partial charge in [-0.3, -0.25) is 0 Å². The van der Waals surface area contributed by atoms with E-state index in [4.69, 9.17) is 4.98 Å². The number of benzene rings is 3.